The molecule has 0 atom stereocenters. The number of halogens is 4. The Balaban J connectivity index is -0.000000252. The monoisotopic (exact) mass is 359 g/mol. The summed E-state index contributed by atoms with van der Waals surface area (Å²) in [5, 5.41) is 2.62. The summed E-state index contributed by atoms with van der Waals surface area (Å²) in [7, 11) is 0. The van der Waals surface area contributed by atoms with Crippen molar-refractivity contribution in [3.05, 3.63) is 48.5 Å². The summed E-state index contributed by atoms with van der Waals surface area (Å²) >= 11 is 10.1. The van der Waals surface area contributed by atoms with Crippen LogP contribution in [0.2, 0.25) is 0 Å². The van der Waals surface area contributed by atoms with Crippen LogP contribution in [-0.4, -0.2) is 11.8 Å². The average molecular weight is 362 g/mol. The van der Waals surface area contributed by atoms with E-state index in [1.54, 1.807) is 0 Å². The molecule has 0 heterocycles. The van der Waals surface area contributed by atoms with Gasteiger partial charge in [-0.1, -0.05) is 48.5 Å². The van der Waals surface area contributed by atoms with E-state index in [0.717, 1.165) is 0 Å². The molecular formula is C12H12Cl4Cu. The summed E-state index contributed by atoms with van der Waals surface area (Å²) in [6, 6.07) is 16.7. The van der Waals surface area contributed by atoms with Crippen molar-refractivity contribution in [1.82, 2.24) is 0 Å². The van der Waals surface area contributed by atoms with Gasteiger partial charge in [0.15, 0.2) is 0 Å². The van der Waals surface area contributed by atoms with Gasteiger partial charge in [-0.25, -0.2) is 0 Å². The van der Waals surface area contributed by atoms with Crippen molar-refractivity contribution in [2.24, 2.45) is 0 Å². The van der Waals surface area contributed by atoms with Gasteiger partial charge in [-0.3, -0.25) is 0 Å². The summed E-state index contributed by atoms with van der Waals surface area (Å²) in [6.07, 6.45) is 0. The Morgan fingerprint density at radius 3 is 1.06 bits per heavy atom. The molecule has 5 heteroatoms. The number of alkyl halides is 2. The molecule has 0 spiro atoms. The average Bonchev–Trinajstić information content (AvgIpc) is 2.30. The minimum Gasteiger partial charge on any atom is -1.00 e. The van der Waals surface area contributed by atoms with Crippen LogP contribution in [0.3, 0.4) is 0 Å². The van der Waals surface area contributed by atoms with Crippen LogP contribution in [0.1, 0.15) is 0 Å². The molecule has 0 aliphatic heterocycles. The summed E-state index contributed by atoms with van der Waals surface area (Å²) in [4.78, 5) is 0. The van der Waals surface area contributed by atoms with Crippen LogP contribution in [0.5, 0.6) is 0 Å². The third-order valence-corrected chi connectivity index (χ3v) is 2.30. The maximum Gasteiger partial charge on any atom is 2.00 e. The third kappa shape index (κ3) is 9.02. The maximum atomic E-state index is 5.05. The fourth-order valence-electron chi connectivity index (χ4n) is 1.13. The molecule has 2 aromatic carbocycles. The summed E-state index contributed by atoms with van der Waals surface area (Å²) < 4.78 is 0. The molecule has 0 fully saturated rings. The van der Waals surface area contributed by atoms with Gasteiger partial charge in [0.25, 0.3) is 0 Å². The van der Waals surface area contributed by atoms with E-state index in [1.807, 2.05) is 0 Å². The van der Waals surface area contributed by atoms with Gasteiger partial charge in [0.2, 0.25) is 0 Å². The Kier molecular flexibility index (Phi) is 19.2. The second-order valence-electron chi connectivity index (χ2n) is 2.73. The van der Waals surface area contributed by atoms with E-state index in [1.165, 1.54) is 10.8 Å². The van der Waals surface area contributed by atoms with Crippen LogP contribution in [0.4, 0.5) is 0 Å². The Hall–Kier alpha value is 0.379. The molecule has 99 valence electrons. The predicted octanol–water partition coefficient (Wildman–Crippen LogP) is -1.69. The van der Waals surface area contributed by atoms with Gasteiger partial charge in [-0.2, -0.15) is 0 Å². The molecule has 0 unspecified atom stereocenters. The molecule has 1 radical (unpaired) electrons. The van der Waals surface area contributed by atoms with Gasteiger partial charge in [0, 0.05) is 11.8 Å². The van der Waals surface area contributed by atoms with Gasteiger partial charge < -0.3 is 24.8 Å². The Bertz CT molecular complexity index is 314. The van der Waals surface area contributed by atoms with E-state index < -0.39 is 0 Å². The largest absolute Gasteiger partial charge is 2.00 e. The molecule has 0 amide bonds. The molecule has 2 rings (SSSR count). The summed E-state index contributed by atoms with van der Waals surface area (Å²) in [6.45, 7) is 0. The summed E-state index contributed by atoms with van der Waals surface area (Å²) in [5.74, 6) is 1.11. The zero-order chi connectivity index (χ0) is 10.2. The Morgan fingerprint density at radius 2 is 0.882 bits per heavy atom. The smallest absolute Gasteiger partial charge is 1.00 e. The molecule has 2 aromatic rings. The van der Waals surface area contributed by atoms with E-state index in [-0.39, 0.29) is 41.9 Å². The molecule has 0 aliphatic rings. The zero-order valence-electron chi connectivity index (χ0n) is 8.85. The molecule has 0 saturated carbocycles. The first-order valence-electron chi connectivity index (χ1n) is 4.44. The molecule has 0 N–H and O–H groups in total. The zero-order valence-corrected chi connectivity index (χ0v) is 12.8. The van der Waals surface area contributed by atoms with Crippen LogP contribution >= 0.6 is 23.2 Å². The van der Waals surface area contributed by atoms with Crippen molar-refractivity contribution in [3.63, 3.8) is 0 Å². The minimum atomic E-state index is 0. The van der Waals surface area contributed by atoms with Gasteiger partial charge in [0.1, 0.15) is 0 Å². The quantitative estimate of drug-likeness (QED) is 0.420. The first-order chi connectivity index (χ1) is 6.88. The first-order valence-corrected chi connectivity index (χ1v) is 5.51. The molecule has 0 bridgehead atoms. The predicted molar refractivity (Wildman–Crippen MR) is 65.4 cm³/mol. The second-order valence-corrected chi connectivity index (χ2v) is 3.48. The topological polar surface area (TPSA) is 0 Å². The van der Waals surface area contributed by atoms with Gasteiger partial charge in [-0.15, -0.1) is 23.2 Å². The Morgan fingerprint density at radius 1 is 0.647 bits per heavy atom. The minimum absolute atomic E-state index is 0. The standard InChI is InChI=1S/C10H8.C2H4Cl2.2ClH.Cu/c1-2-6-10-8-4-3-7-9(10)5-1;3-1-2-4;;;/h1-8H;1-2H2;2*1H;/q;;;;+2/p-2. The van der Waals surface area contributed by atoms with E-state index >= 15 is 0 Å². The van der Waals surface area contributed by atoms with Crippen LogP contribution in [-0.2, 0) is 17.1 Å². The van der Waals surface area contributed by atoms with Crippen molar-refractivity contribution >= 4 is 34.0 Å². The van der Waals surface area contributed by atoms with Crippen molar-refractivity contribution in [3.8, 4) is 0 Å². The normalized spacial score (nSPS) is 7.65. The molecule has 0 saturated heterocycles. The van der Waals surface area contributed by atoms with Crippen LogP contribution in [0.25, 0.3) is 10.8 Å². The second kappa shape index (κ2) is 14.4. The fourth-order valence-corrected chi connectivity index (χ4v) is 1.13. The van der Waals surface area contributed by atoms with Gasteiger partial charge in [0.05, 0.1) is 0 Å². The molecule has 0 aromatic heterocycles. The summed E-state index contributed by atoms with van der Waals surface area (Å²) in [5.41, 5.74) is 0. The van der Waals surface area contributed by atoms with E-state index in [0.29, 0.717) is 11.8 Å². The van der Waals surface area contributed by atoms with Gasteiger partial charge in [-0.05, 0) is 10.8 Å². The van der Waals surface area contributed by atoms with Gasteiger partial charge >= 0.3 is 17.1 Å². The molecular weight excluding hydrogens is 349 g/mol. The number of hydrogen-bond donors (Lipinski definition) is 0. The Labute approximate surface area is 135 Å². The van der Waals surface area contributed by atoms with Crippen molar-refractivity contribution in [2.45, 2.75) is 0 Å². The molecule has 0 aliphatic carbocycles. The molecule has 0 nitrogen and oxygen atoms in total. The number of fused-ring (bicyclic) bond motifs is 1. The fraction of sp³-hybridized carbons (Fsp3) is 0.167. The number of hydrogen-bond acceptors (Lipinski definition) is 0. The van der Waals surface area contributed by atoms with Crippen LogP contribution < -0.4 is 24.8 Å². The van der Waals surface area contributed by atoms with Crippen LogP contribution in [0.15, 0.2) is 48.5 Å². The number of rotatable bonds is 1. The SMILES string of the molecule is ClCCCl.[Cl-].[Cl-].[Cu+2].c1ccc2ccccc2c1. The van der Waals surface area contributed by atoms with Crippen molar-refractivity contribution in [2.75, 3.05) is 11.8 Å². The van der Waals surface area contributed by atoms with Crippen molar-refractivity contribution < 1.29 is 41.9 Å². The van der Waals surface area contributed by atoms with E-state index in [4.69, 9.17) is 23.2 Å². The van der Waals surface area contributed by atoms with Crippen molar-refractivity contribution in [1.29, 1.82) is 0 Å². The third-order valence-electron chi connectivity index (χ3n) is 1.73. The van der Waals surface area contributed by atoms with E-state index in [9.17, 15) is 0 Å². The number of benzene rings is 2. The molecule has 17 heavy (non-hydrogen) atoms. The van der Waals surface area contributed by atoms with Crippen LogP contribution in [0, 0.1) is 0 Å². The maximum absolute atomic E-state index is 5.05. The first kappa shape index (κ1) is 22.6. The van der Waals surface area contributed by atoms with E-state index in [2.05, 4.69) is 48.5 Å².